The molecule has 2 heteroatoms. The van der Waals surface area contributed by atoms with Gasteiger partial charge in [-0.15, -0.1) is 0 Å². The lowest BCUT2D eigenvalue weighted by Gasteiger charge is -2.12. The molecule has 2 rings (SSSR count). The van der Waals surface area contributed by atoms with Gasteiger partial charge < -0.3 is 5.11 Å². The molecule has 0 saturated carbocycles. The van der Waals surface area contributed by atoms with Crippen molar-refractivity contribution in [2.75, 3.05) is 0 Å². The third kappa shape index (κ3) is 3.90. The van der Waals surface area contributed by atoms with E-state index in [0.717, 1.165) is 5.56 Å². The summed E-state index contributed by atoms with van der Waals surface area (Å²) in [7, 11) is 0. The molecule has 100 valence electrons. The maximum absolute atomic E-state index is 13.5. The van der Waals surface area contributed by atoms with Gasteiger partial charge in [-0.1, -0.05) is 47.5 Å². The Labute approximate surface area is 113 Å². The molecule has 1 nitrogen and oxygen atoms in total. The van der Waals surface area contributed by atoms with Crippen molar-refractivity contribution in [1.82, 2.24) is 0 Å². The zero-order valence-corrected chi connectivity index (χ0v) is 11.4. The minimum absolute atomic E-state index is 0.248. The standard InChI is InChI=1S/C17H19FO/c1-12-7-13(2)9-14(8-12)10-16(19)11-15-5-3-4-6-17(15)18/h3-9,16,19H,10-11H2,1-2H3. The van der Waals surface area contributed by atoms with Crippen LogP contribution in [0.25, 0.3) is 0 Å². The minimum atomic E-state index is -0.557. The molecule has 0 aliphatic rings. The molecule has 0 radical (unpaired) electrons. The van der Waals surface area contributed by atoms with E-state index in [-0.39, 0.29) is 5.82 Å². The molecule has 0 fully saturated rings. The Bertz CT molecular complexity index is 543. The molecule has 0 aliphatic carbocycles. The fraction of sp³-hybridized carbons (Fsp3) is 0.294. The number of aliphatic hydroxyl groups is 1. The van der Waals surface area contributed by atoms with Gasteiger partial charge in [0, 0.05) is 6.42 Å². The summed E-state index contributed by atoms with van der Waals surface area (Å²) in [4.78, 5) is 0. The maximum atomic E-state index is 13.5. The molecular formula is C17H19FO. The predicted molar refractivity (Wildman–Crippen MR) is 75.7 cm³/mol. The van der Waals surface area contributed by atoms with E-state index in [2.05, 4.69) is 18.2 Å². The van der Waals surface area contributed by atoms with Crippen molar-refractivity contribution in [2.45, 2.75) is 32.8 Å². The molecule has 1 atom stereocenters. The summed E-state index contributed by atoms with van der Waals surface area (Å²) in [6, 6.07) is 12.8. The van der Waals surface area contributed by atoms with E-state index >= 15 is 0 Å². The Balaban J connectivity index is 2.05. The lowest BCUT2D eigenvalue weighted by Crippen LogP contribution is -2.15. The normalized spacial score (nSPS) is 12.4. The van der Waals surface area contributed by atoms with Crippen molar-refractivity contribution < 1.29 is 9.50 Å². The molecule has 1 N–H and O–H groups in total. The summed E-state index contributed by atoms with van der Waals surface area (Å²) >= 11 is 0. The summed E-state index contributed by atoms with van der Waals surface area (Å²) in [5.74, 6) is -0.248. The number of aryl methyl sites for hydroxylation is 2. The van der Waals surface area contributed by atoms with Crippen molar-refractivity contribution in [3.05, 3.63) is 70.5 Å². The molecular weight excluding hydrogens is 239 g/mol. The molecule has 0 bridgehead atoms. The highest BCUT2D eigenvalue weighted by Gasteiger charge is 2.10. The first-order chi connectivity index (χ1) is 9.04. The first-order valence-electron chi connectivity index (χ1n) is 6.53. The molecule has 0 spiro atoms. The molecule has 0 aromatic heterocycles. The van der Waals surface area contributed by atoms with E-state index in [4.69, 9.17) is 0 Å². The van der Waals surface area contributed by atoms with E-state index in [1.807, 2.05) is 13.8 Å². The topological polar surface area (TPSA) is 20.2 Å². The zero-order valence-electron chi connectivity index (χ0n) is 11.4. The average molecular weight is 258 g/mol. The summed E-state index contributed by atoms with van der Waals surface area (Å²) < 4.78 is 13.5. The van der Waals surface area contributed by atoms with Gasteiger partial charge in [-0.25, -0.2) is 4.39 Å². The second-order valence-corrected chi connectivity index (χ2v) is 5.15. The van der Waals surface area contributed by atoms with Crippen LogP contribution in [0.4, 0.5) is 4.39 Å². The van der Waals surface area contributed by atoms with Crippen molar-refractivity contribution in [3.8, 4) is 0 Å². The zero-order chi connectivity index (χ0) is 13.8. The summed E-state index contributed by atoms with van der Waals surface area (Å²) in [5, 5.41) is 10.1. The molecule has 0 saturated heterocycles. The summed E-state index contributed by atoms with van der Waals surface area (Å²) in [5.41, 5.74) is 4.04. The quantitative estimate of drug-likeness (QED) is 0.888. The number of hydrogen-bond acceptors (Lipinski definition) is 1. The van der Waals surface area contributed by atoms with Crippen molar-refractivity contribution in [1.29, 1.82) is 0 Å². The molecule has 1 unspecified atom stereocenters. The van der Waals surface area contributed by atoms with Crippen LogP contribution in [-0.2, 0) is 12.8 Å². The molecule has 2 aromatic carbocycles. The van der Waals surface area contributed by atoms with Gasteiger partial charge in [-0.05, 0) is 37.5 Å². The van der Waals surface area contributed by atoms with Gasteiger partial charge in [0.05, 0.1) is 6.10 Å². The Morgan fingerprint density at radius 2 is 1.63 bits per heavy atom. The fourth-order valence-electron chi connectivity index (χ4n) is 2.45. The van der Waals surface area contributed by atoms with Crippen LogP contribution < -0.4 is 0 Å². The third-order valence-corrected chi connectivity index (χ3v) is 3.17. The Kier molecular flexibility index (Phi) is 4.33. The highest BCUT2D eigenvalue weighted by molar-refractivity contribution is 5.29. The van der Waals surface area contributed by atoms with Crippen LogP contribution in [0.5, 0.6) is 0 Å². The van der Waals surface area contributed by atoms with Crippen LogP contribution in [0.3, 0.4) is 0 Å². The maximum Gasteiger partial charge on any atom is 0.126 e. The van der Waals surface area contributed by atoms with Crippen molar-refractivity contribution in [3.63, 3.8) is 0 Å². The molecule has 2 aromatic rings. The van der Waals surface area contributed by atoms with Gasteiger partial charge in [-0.2, -0.15) is 0 Å². The largest absolute Gasteiger partial charge is 0.392 e. The Morgan fingerprint density at radius 1 is 1.00 bits per heavy atom. The van der Waals surface area contributed by atoms with Crippen LogP contribution in [0, 0.1) is 19.7 Å². The van der Waals surface area contributed by atoms with E-state index in [9.17, 15) is 9.50 Å². The number of hydrogen-bond donors (Lipinski definition) is 1. The van der Waals surface area contributed by atoms with Crippen LogP contribution >= 0.6 is 0 Å². The second-order valence-electron chi connectivity index (χ2n) is 5.15. The SMILES string of the molecule is Cc1cc(C)cc(CC(O)Cc2ccccc2F)c1. The minimum Gasteiger partial charge on any atom is -0.392 e. The number of halogens is 1. The van der Waals surface area contributed by atoms with E-state index < -0.39 is 6.10 Å². The van der Waals surface area contributed by atoms with E-state index in [0.29, 0.717) is 18.4 Å². The number of rotatable bonds is 4. The molecule has 0 aliphatic heterocycles. The van der Waals surface area contributed by atoms with Crippen LogP contribution in [-0.4, -0.2) is 11.2 Å². The van der Waals surface area contributed by atoms with Gasteiger partial charge in [0.15, 0.2) is 0 Å². The molecule has 0 heterocycles. The first kappa shape index (κ1) is 13.8. The average Bonchev–Trinajstić information content (AvgIpc) is 2.30. The fourth-order valence-corrected chi connectivity index (χ4v) is 2.45. The number of benzene rings is 2. The third-order valence-electron chi connectivity index (χ3n) is 3.17. The Hall–Kier alpha value is -1.67. The van der Waals surface area contributed by atoms with Crippen molar-refractivity contribution >= 4 is 0 Å². The van der Waals surface area contributed by atoms with Crippen LogP contribution in [0.2, 0.25) is 0 Å². The van der Waals surface area contributed by atoms with Gasteiger partial charge in [0.1, 0.15) is 5.82 Å². The monoisotopic (exact) mass is 258 g/mol. The molecule has 19 heavy (non-hydrogen) atoms. The summed E-state index contributed by atoms with van der Waals surface area (Å²) in [6.45, 7) is 4.08. The summed E-state index contributed by atoms with van der Waals surface area (Å²) in [6.07, 6.45) is 0.342. The Morgan fingerprint density at radius 3 is 2.26 bits per heavy atom. The predicted octanol–water partition coefficient (Wildman–Crippen LogP) is 3.59. The van der Waals surface area contributed by atoms with Gasteiger partial charge in [-0.3, -0.25) is 0 Å². The smallest absolute Gasteiger partial charge is 0.126 e. The number of aliphatic hydroxyl groups excluding tert-OH is 1. The highest BCUT2D eigenvalue weighted by atomic mass is 19.1. The lowest BCUT2D eigenvalue weighted by atomic mass is 9.98. The van der Waals surface area contributed by atoms with Gasteiger partial charge in [0.2, 0.25) is 0 Å². The highest BCUT2D eigenvalue weighted by Crippen LogP contribution is 2.14. The van der Waals surface area contributed by atoms with Crippen LogP contribution in [0.1, 0.15) is 22.3 Å². The second kappa shape index (κ2) is 5.98. The first-order valence-corrected chi connectivity index (χ1v) is 6.53. The van der Waals surface area contributed by atoms with E-state index in [1.54, 1.807) is 18.2 Å². The molecule has 0 amide bonds. The van der Waals surface area contributed by atoms with Gasteiger partial charge >= 0.3 is 0 Å². The van der Waals surface area contributed by atoms with E-state index in [1.165, 1.54) is 17.2 Å². The van der Waals surface area contributed by atoms with Gasteiger partial charge in [0.25, 0.3) is 0 Å². The lowest BCUT2D eigenvalue weighted by molar-refractivity contribution is 0.174. The van der Waals surface area contributed by atoms with Crippen molar-refractivity contribution in [2.24, 2.45) is 0 Å². The van der Waals surface area contributed by atoms with Crippen LogP contribution in [0.15, 0.2) is 42.5 Å².